The number of nitrogens with one attached hydrogen (secondary N) is 2. The molecule has 30 heavy (non-hydrogen) atoms. The molecule has 156 valence electrons. The highest BCUT2D eigenvalue weighted by molar-refractivity contribution is 7.14. The molecule has 0 fully saturated rings. The van der Waals surface area contributed by atoms with Gasteiger partial charge in [0.15, 0.2) is 0 Å². The number of carbonyl (C=O) groups is 2. The SMILES string of the molecule is Cn1nc(CC(=O)NNC(=O)c2cc3c(s2)CCCCCC3)c2ccccc2c1=O. The Hall–Kier alpha value is -3.00. The summed E-state index contributed by atoms with van der Waals surface area (Å²) >= 11 is 1.51. The average Bonchev–Trinajstić information content (AvgIpc) is 3.12. The molecule has 1 aliphatic rings. The van der Waals surface area contributed by atoms with E-state index in [0.29, 0.717) is 21.3 Å². The standard InChI is InChI=1S/C22H24N4O3S/c1-26-22(29)16-10-7-6-9-15(16)17(25-26)13-20(27)23-24-21(28)19-12-14-8-4-2-3-5-11-18(14)30-19/h6-7,9-10,12H,2-5,8,11,13H2,1H3,(H,23,27)(H,24,28). The maximum absolute atomic E-state index is 12.5. The van der Waals surface area contributed by atoms with E-state index >= 15 is 0 Å². The van der Waals surface area contributed by atoms with Gasteiger partial charge in [-0.25, -0.2) is 4.68 Å². The molecule has 1 aromatic carbocycles. The molecule has 4 rings (SSSR count). The number of nitrogens with zero attached hydrogens (tertiary/aromatic N) is 2. The minimum atomic E-state index is -0.394. The van der Waals surface area contributed by atoms with Crippen LogP contribution in [0.2, 0.25) is 0 Å². The van der Waals surface area contributed by atoms with Crippen LogP contribution in [0.5, 0.6) is 0 Å². The third-order valence-corrected chi connectivity index (χ3v) is 6.63. The van der Waals surface area contributed by atoms with E-state index in [1.807, 2.05) is 6.07 Å². The second kappa shape index (κ2) is 8.79. The topological polar surface area (TPSA) is 93.1 Å². The Bertz CT molecular complexity index is 1140. The molecular formula is C22H24N4O3S. The number of aryl methyl sites for hydroxylation is 3. The van der Waals surface area contributed by atoms with Crippen molar-refractivity contribution in [2.45, 2.75) is 44.9 Å². The molecule has 0 spiro atoms. The molecule has 8 heteroatoms. The number of thiophene rings is 1. The first kappa shape index (κ1) is 20.3. The van der Waals surface area contributed by atoms with Gasteiger partial charge in [-0.3, -0.25) is 25.2 Å². The Balaban J connectivity index is 1.43. The molecule has 2 amide bonds. The van der Waals surface area contributed by atoms with Crippen LogP contribution in [-0.2, 0) is 31.1 Å². The minimum absolute atomic E-state index is 0.0458. The molecule has 2 heterocycles. The van der Waals surface area contributed by atoms with Gasteiger partial charge < -0.3 is 0 Å². The van der Waals surface area contributed by atoms with E-state index in [0.717, 1.165) is 25.7 Å². The summed E-state index contributed by atoms with van der Waals surface area (Å²) < 4.78 is 1.23. The second-order valence-corrected chi connectivity index (χ2v) is 8.71. The Morgan fingerprint density at radius 3 is 2.60 bits per heavy atom. The van der Waals surface area contributed by atoms with Crippen LogP contribution in [0.1, 0.15) is 51.5 Å². The van der Waals surface area contributed by atoms with Crippen molar-refractivity contribution in [3.8, 4) is 0 Å². The summed E-state index contributed by atoms with van der Waals surface area (Å²) in [6.45, 7) is 0. The van der Waals surface area contributed by atoms with Gasteiger partial charge in [0.25, 0.3) is 11.5 Å². The highest BCUT2D eigenvalue weighted by atomic mass is 32.1. The summed E-state index contributed by atoms with van der Waals surface area (Å²) in [5, 5.41) is 5.37. The third kappa shape index (κ3) is 4.28. The smallest absolute Gasteiger partial charge is 0.273 e. The minimum Gasteiger partial charge on any atom is -0.273 e. The summed E-state index contributed by atoms with van der Waals surface area (Å²) in [5.41, 5.74) is 6.52. The number of carbonyl (C=O) groups excluding carboxylic acids is 2. The molecule has 2 aromatic heterocycles. The molecule has 1 aliphatic carbocycles. The zero-order valence-electron chi connectivity index (χ0n) is 16.9. The van der Waals surface area contributed by atoms with Crippen molar-refractivity contribution in [2.75, 3.05) is 0 Å². The van der Waals surface area contributed by atoms with E-state index in [1.54, 1.807) is 31.3 Å². The fourth-order valence-electron chi connectivity index (χ4n) is 3.85. The number of benzene rings is 1. The maximum Gasteiger partial charge on any atom is 0.279 e. The van der Waals surface area contributed by atoms with Crippen molar-refractivity contribution >= 4 is 33.9 Å². The van der Waals surface area contributed by atoms with Crippen LogP contribution in [0.3, 0.4) is 0 Å². The molecule has 0 unspecified atom stereocenters. The van der Waals surface area contributed by atoms with Gasteiger partial charge in [0, 0.05) is 17.3 Å². The largest absolute Gasteiger partial charge is 0.279 e. The van der Waals surface area contributed by atoms with E-state index in [2.05, 4.69) is 16.0 Å². The van der Waals surface area contributed by atoms with Crippen LogP contribution in [0.25, 0.3) is 10.8 Å². The number of rotatable bonds is 3. The van der Waals surface area contributed by atoms with Gasteiger partial charge in [-0.05, 0) is 43.4 Å². The van der Waals surface area contributed by atoms with Gasteiger partial charge in [0.05, 0.1) is 22.4 Å². The molecule has 0 radical (unpaired) electrons. The van der Waals surface area contributed by atoms with E-state index in [9.17, 15) is 14.4 Å². The summed E-state index contributed by atoms with van der Waals surface area (Å²) in [7, 11) is 1.56. The molecule has 0 saturated carbocycles. The molecule has 7 nitrogen and oxygen atoms in total. The fourth-order valence-corrected chi connectivity index (χ4v) is 5.00. The zero-order valence-corrected chi connectivity index (χ0v) is 17.7. The molecule has 0 saturated heterocycles. The molecule has 0 aliphatic heterocycles. The molecule has 0 bridgehead atoms. The molecule has 2 N–H and O–H groups in total. The lowest BCUT2D eigenvalue weighted by molar-refractivity contribution is -0.121. The lowest BCUT2D eigenvalue weighted by Crippen LogP contribution is -2.42. The van der Waals surface area contributed by atoms with Crippen LogP contribution in [-0.4, -0.2) is 21.6 Å². The predicted octanol–water partition coefficient (Wildman–Crippen LogP) is 2.66. The number of hydrogen-bond acceptors (Lipinski definition) is 5. The Kier molecular flexibility index (Phi) is 5.94. The van der Waals surface area contributed by atoms with Gasteiger partial charge in [0.2, 0.25) is 5.91 Å². The van der Waals surface area contributed by atoms with Gasteiger partial charge in [-0.15, -0.1) is 11.3 Å². The number of hydrazine groups is 1. The summed E-state index contributed by atoms with van der Waals surface area (Å²) in [4.78, 5) is 39.1. The quantitative estimate of drug-likeness (QED) is 0.632. The Morgan fingerprint density at radius 1 is 1.07 bits per heavy atom. The lowest BCUT2D eigenvalue weighted by atomic mass is 10.00. The van der Waals surface area contributed by atoms with Crippen molar-refractivity contribution in [1.29, 1.82) is 0 Å². The second-order valence-electron chi connectivity index (χ2n) is 7.57. The predicted molar refractivity (Wildman–Crippen MR) is 116 cm³/mol. The van der Waals surface area contributed by atoms with Crippen molar-refractivity contribution < 1.29 is 9.59 Å². The van der Waals surface area contributed by atoms with Crippen LogP contribution in [0.15, 0.2) is 35.1 Å². The zero-order chi connectivity index (χ0) is 21.1. The first-order valence-electron chi connectivity index (χ1n) is 10.2. The lowest BCUT2D eigenvalue weighted by Gasteiger charge is -2.09. The fraction of sp³-hybridized carbons (Fsp3) is 0.364. The number of aromatic nitrogens is 2. The molecule has 0 atom stereocenters. The van der Waals surface area contributed by atoms with Crippen molar-refractivity contribution in [2.24, 2.45) is 7.05 Å². The van der Waals surface area contributed by atoms with Crippen LogP contribution < -0.4 is 16.4 Å². The highest BCUT2D eigenvalue weighted by Crippen LogP contribution is 2.28. The molecular weight excluding hydrogens is 400 g/mol. The first-order chi connectivity index (χ1) is 14.5. The van der Waals surface area contributed by atoms with E-state index in [-0.39, 0.29) is 17.9 Å². The normalized spacial score (nSPS) is 13.9. The summed E-state index contributed by atoms with van der Waals surface area (Å²) in [6, 6.07) is 9.01. The maximum atomic E-state index is 12.5. The van der Waals surface area contributed by atoms with Crippen molar-refractivity contribution in [3.05, 3.63) is 61.7 Å². The van der Waals surface area contributed by atoms with Crippen LogP contribution >= 0.6 is 11.3 Å². The van der Waals surface area contributed by atoms with E-state index < -0.39 is 5.91 Å². The van der Waals surface area contributed by atoms with Crippen LogP contribution in [0, 0.1) is 0 Å². The Morgan fingerprint density at radius 2 is 1.80 bits per heavy atom. The highest BCUT2D eigenvalue weighted by Gasteiger charge is 2.17. The van der Waals surface area contributed by atoms with Crippen molar-refractivity contribution in [3.63, 3.8) is 0 Å². The number of amides is 2. The number of fused-ring (bicyclic) bond motifs is 2. The third-order valence-electron chi connectivity index (χ3n) is 5.40. The van der Waals surface area contributed by atoms with Crippen molar-refractivity contribution in [1.82, 2.24) is 20.6 Å². The van der Waals surface area contributed by atoms with Gasteiger partial charge >= 0.3 is 0 Å². The van der Waals surface area contributed by atoms with E-state index in [4.69, 9.17) is 0 Å². The summed E-state index contributed by atoms with van der Waals surface area (Å²) in [5.74, 6) is -0.701. The van der Waals surface area contributed by atoms with Gasteiger partial charge in [-0.1, -0.05) is 31.0 Å². The number of hydrogen-bond donors (Lipinski definition) is 2. The molecule has 3 aromatic rings. The van der Waals surface area contributed by atoms with E-state index in [1.165, 1.54) is 39.3 Å². The van der Waals surface area contributed by atoms with Gasteiger partial charge in [-0.2, -0.15) is 5.10 Å². The average molecular weight is 425 g/mol. The van der Waals surface area contributed by atoms with Gasteiger partial charge in [0.1, 0.15) is 0 Å². The van der Waals surface area contributed by atoms with Crippen LogP contribution in [0.4, 0.5) is 0 Å². The monoisotopic (exact) mass is 424 g/mol. The Labute approximate surface area is 178 Å². The summed E-state index contributed by atoms with van der Waals surface area (Å²) in [6.07, 6.45) is 6.77. The first-order valence-corrected chi connectivity index (χ1v) is 11.0.